The Labute approximate surface area is 111 Å². The normalized spacial score (nSPS) is 25.5. The molecule has 0 heterocycles. The summed E-state index contributed by atoms with van der Waals surface area (Å²) in [5.74, 6) is -1.66. The Kier molecular flexibility index (Phi) is 4.02. The van der Waals surface area contributed by atoms with Gasteiger partial charge in [0.2, 0.25) is 0 Å². The Morgan fingerprint density at radius 3 is 2.16 bits per heavy atom. The van der Waals surface area contributed by atoms with Gasteiger partial charge in [-0.25, -0.2) is 9.59 Å². The average molecular weight is 266 g/mol. The fraction of sp³-hybridized carbons (Fsp3) is 0.643. The molecule has 19 heavy (non-hydrogen) atoms. The summed E-state index contributed by atoms with van der Waals surface area (Å²) in [7, 11) is 0. The Balaban J connectivity index is 2.42. The van der Waals surface area contributed by atoms with E-state index in [2.05, 4.69) is 0 Å². The fourth-order valence-electron chi connectivity index (χ4n) is 2.92. The van der Waals surface area contributed by atoms with E-state index >= 15 is 0 Å². The quantitative estimate of drug-likeness (QED) is 0.719. The van der Waals surface area contributed by atoms with Crippen LogP contribution < -0.4 is 0 Å². The van der Waals surface area contributed by atoms with Gasteiger partial charge < -0.3 is 9.47 Å². The van der Waals surface area contributed by atoms with E-state index in [0.29, 0.717) is 18.4 Å². The zero-order valence-corrected chi connectivity index (χ0v) is 11.2. The van der Waals surface area contributed by atoms with Crippen LogP contribution in [0.1, 0.15) is 33.1 Å². The number of carbonyl (C=O) groups is 3. The number of hydrogen-bond acceptors (Lipinski definition) is 5. The maximum atomic E-state index is 12.0. The second-order valence-corrected chi connectivity index (χ2v) is 4.77. The summed E-state index contributed by atoms with van der Waals surface area (Å²) < 4.78 is 10.00. The number of ether oxygens (including phenoxy) is 2. The van der Waals surface area contributed by atoms with Crippen molar-refractivity contribution in [2.24, 2.45) is 11.8 Å². The van der Waals surface area contributed by atoms with Crippen LogP contribution in [0.15, 0.2) is 11.1 Å². The van der Waals surface area contributed by atoms with E-state index in [4.69, 9.17) is 9.47 Å². The molecule has 0 radical (unpaired) electrons. The number of rotatable bonds is 4. The predicted octanol–water partition coefficient (Wildman–Crippen LogP) is 1.41. The molecule has 1 fully saturated rings. The fourth-order valence-corrected chi connectivity index (χ4v) is 2.92. The van der Waals surface area contributed by atoms with Crippen LogP contribution in [0.4, 0.5) is 0 Å². The third-order valence-electron chi connectivity index (χ3n) is 3.68. The number of carbonyl (C=O) groups excluding carboxylic acids is 3. The van der Waals surface area contributed by atoms with Gasteiger partial charge in [-0.15, -0.1) is 0 Å². The average Bonchev–Trinajstić information content (AvgIpc) is 2.38. The molecule has 0 aromatic rings. The van der Waals surface area contributed by atoms with Crippen molar-refractivity contribution in [3.8, 4) is 0 Å². The van der Waals surface area contributed by atoms with E-state index < -0.39 is 17.9 Å². The van der Waals surface area contributed by atoms with E-state index in [1.807, 2.05) is 0 Å². The van der Waals surface area contributed by atoms with Crippen molar-refractivity contribution in [2.75, 3.05) is 13.2 Å². The zero-order chi connectivity index (χ0) is 14.0. The molecule has 0 aromatic carbocycles. The van der Waals surface area contributed by atoms with Crippen LogP contribution in [-0.2, 0) is 23.9 Å². The standard InChI is InChI=1S/C14H18O5/c1-3-18-13(16)11-8-5-6-9(10(15)7-8)12(11)14(17)19-4-2/h8-9H,3-7H2,1-2H3/t8-,9+/m0/s1. The molecule has 5 nitrogen and oxygen atoms in total. The predicted molar refractivity (Wildman–Crippen MR) is 66.1 cm³/mol. The minimum atomic E-state index is -0.548. The summed E-state index contributed by atoms with van der Waals surface area (Å²) in [4.78, 5) is 35.9. The summed E-state index contributed by atoms with van der Waals surface area (Å²) in [6, 6.07) is 0. The zero-order valence-electron chi connectivity index (χ0n) is 11.2. The molecule has 0 N–H and O–H groups in total. The van der Waals surface area contributed by atoms with Crippen molar-refractivity contribution in [3.63, 3.8) is 0 Å². The molecule has 2 bridgehead atoms. The molecule has 0 spiro atoms. The van der Waals surface area contributed by atoms with Gasteiger partial charge in [0, 0.05) is 6.42 Å². The molecule has 5 heteroatoms. The van der Waals surface area contributed by atoms with Gasteiger partial charge in [-0.2, -0.15) is 0 Å². The lowest BCUT2D eigenvalue weighted by Gasteiger charge is -2.36. The third-order valence-corrected chi connectivity index (χ3v) is 3.68. The van der Waals surface area contributed by atoms with Crippen LogP contribution >= 0.6 is 0 Å². The first-order valence-electron chi connectivity index (χ1n) is 6.71. The minimum absolute atomic E-state index is 0.0346. The molecule has 3 rings (SSSR count). The van der Waals surface area contributed by atoms with E-state index in [1.165, 1.54) is 0 Å². The second kappa shape index (κ2) is 5.55. The van der Waals surface area contributed by atoms with Crippen molar-refractivity contribution in [3.05, 3.63) is 11.1 Å². The van der Waals surface area contributed by atoms with Gasteiger partial charge in [-0.05, 0) is 32.6 Å². The molecule has 104 valence electrons. The summed E-state index contributed by atoms with van der Waals surface area (Å²) in [6.45, 7) is 3.90. The first-order chi connectivity index (χ1) is 9.10. The number of ketones is 1. The number of Topliss-reactive ketones (excluding diaryl/α,β-unsaturated/α-hetero) is 1. The highest BCUT2D eigenvalue weighted by Gasteiger charge is 2.46. The van der Waals surface area contributed by atoms with Crippen LogP contribution in [0.5, 0.6) is 0 Å². The van der Waals surface area contributed by atoms with Gasteiger partial charge in [0.25, 0.3) is 0 Å². The lowest BCUT2D eigenvalue weighted by Crippen LogP contribution is -2.40. The topological polar surface area (TPSA) is 69.7 Å². The summed E-state index contributed by atoms with van der Waals surface area (Å²) in [5.41, 5.74) is 0.615. The molecule has 0 saturated heterocycles. The molecule has 2 atom stereocenters. The van der Waals surface area contributed by atoms with Crippen LogP contribution in [0.3, 0.4) is 0 Å². The van der Waals surface area contributed by atoms with Gasteiger partial charge in [0.05, 0.1) is 30.3 Å². The third kappa shape index (κ3) is 2.41. The maximum Gasteiger partial charge on any atom is 0.335 e. The number of esters is 2. The first kappa shape index (κ1) is 13.8. The van der Waals surface area contributed by atoms with Gasteiger partial charge in [0.1, 0.15) is 5.78 Å². The molecule has 0 aliphatic heterocycles. The van der Waals surface area contributed by atoms with E-state index in [-0.39, 0.29) is 30.5 Å². The van der Waals surface area contributed by atoms with E-state index in [9.17, 15) is 14.4 Å². The molecule has 1 saturated carbocycles. The SMILES string of the molecule is CCOC(=O)C1=C(C(=O)OCC)[C@@H]2CC[C@H]1CC2=O. The van der Waals surface area contributed by atoms with Crippen LogP contribution in [-0.4, -0.2) is 30.9 Å². The summed E-state index contributed by atoms with van der Waals surface area (Å²) in [6.07, 6.45) is 1.72. The highest BCUT2D eigenvalue weighted by atomic mass is 16.5. The van der Waals surface area contributed by atoms with Crippen molar-refractivity contribution in [2.45, 2.75) is 33.1 Å². The Bertz CT molecular complexity index is 449. The molecule has 3 aliphatic carbocycles. The number of hydrogen-bond donors (Lipinski definition) is 0. The smallest absolute Gasteiger partial charge is 0.335 e. The molecular weight excluding hydrogens is 248 g/mol. The van der Waals surface area contributed by atoms with Gasteiger partial charge >= 0.3 is 11.9 Å². The number of fused-ring (bicyclic) bond motifs is 2. The van der Waals surface area contributed by atoms with E-state index in [0.717, 1.165) is 6.42 Å². The molecular formula is C14H18O5. The lowest BCUT2D eigenvalue weighted by atomic mass is 9.66. The monoisotopic (exact) mass is 266 g/mol. The molecule has 3 aliphatic rings. The Morgan fingerprint density at radius 2 is 1.63 bits per heavy atom. The van der Waals surface area contributed by atoms with Crippen molar-refractivity contribution >= 4 is 17.7 Å². The lowest BCUT2D eigenvalue weighted by molar-refractivity contribution is -0.145. The molecule has 0 aromatic heterocycles. The van der Waals surface area contributed by atoms with Crippen molar-refractivity contribution in [1.29, 1.82) is 0 Å². The van der Waals surface area contributed by atoms with Crippen LogP contribution in [0.2, 0.25) is 0 Å². The van der Waals surface area contributed by atoms with Crippen LogP contribution in [0.25, 0.3) is 0 Å². The highest BCUT2D eigenvalue weighted by Crippen LogP contribution is 2.44. The van der Waals surface area contributed by atoms with Crippen molar-refractivity contribution < 1.29 is 23.9 Å². The van der Waals surface area contributed by atoms with Gasteiger partial charge in [0.15, 0.2) is 0 Å². The highest BCUT2D eigenvalue weighted by molar-refractivity contribution is 6.08. The largest absolute Gasteiger partial charge is 0.463 e. The van der Waals surface area contributed by atoms with Crippen molar-refractivity contribution in [1.82, 2.24) is 0 Å². The molecule has 0 unspecified atom stereocenters. The molecule has 0 amide bonds. The Morgan fingerprint density at radius 1 is 1.05 bits per heavy atom. The maximum absolute atomic E-state index is 12.0. The van der Waals surface area contributed by atoms with Crippen LogP contribution in [0, 0.1) is 11.8 Å². The first-order valence-corrected chi connectivity index (χ1v) is 6.71. The van der Waals surface area contributed by atoms with Gasteiger partial charge in [-0.1, -0.05) is 0 Å². The minimum Gasteiger partial charge on any atom is -0.463 e. The Hall–Kier alpha value is -1.65. The summed E-state index contributed by atoms with van der Waals surface area (Å²) in [5, 5.41) is 0. The van der Waals surface area contributed by atoms with E-state index in [1.54, 1.807) is 13.8 Å². The second-order valence-electron chi connectivity index (χ2n) is 4.77. The summed E-state index contributed by atoms with van der Waals surface area (Å²) >= 11 is 0. The van der Waals surface area contributed by atoms with Gasteiger partial charge in [-0.3, -0.25) is 4.79 Å².